The van der Waals surface area contributed by atoms with Gasteiger partial charge in [0, 0.05) is 0 Å². The van der Waals surface area contributed by atoms with E-state index in [-0.39, 0.29) is 0 Å². The molecule has 0 saturated carbocycles. The standard InChI is InChI=1S/C16H33O4P/c1-2-3-4-5-6-7-8-11-14-18-21(17)19-15-12-9-10-13-16-20-21/h2-16H2,1H3. The second-order valence-corrected chi connectivity index (χ2v) is 7.50. The van der Waals surface area contributed by atoms with Gasteiger partial charge in [-0.05, 0) is 19.3 Å². The van der Waals surface area contributed by atoms with Gasteiger partial charge in [0.15, 0.2) is 0 Å². The monoisotopic (exact) mass is 320 g/mol. The summed E-state index contributed by atoms with van der Waals surface area (Å²) in [5.74, 6) is 0. The fraction of sp³-hybridized carbons (Fsp3) is 1.00. The molecular weight excluding hydrogens is 287 g/mol. The zero-order valence-corrected chi connectivity index (χ0v) is 14.6. The molecule has 0 aliphatic carbocycles. The molecule has 1 rings (SSSR count). The highest BCUT2D eigenvalue weighted by Crippen LogP contribution is 2.50. The van der Waals surface area contributed by atoms with Crippen molar-refractivity contribution in [1.82, 2.24) is 0 Å². The third-order valence-corrected chi connectivity index (χ3v) is 5.28. The van der Waals surface area contributed by atoms with Crippen molar-refractivity contribution in [3.63, 3.8) is 0 Å². The highest BCUT2D eigenvalue weighted by molar-refractivity contribution is 7.48. The number of hydrogen-bond acceptors (Lipinski definition) is 4. The van der Waals surface area contributed by atoms with Crippen molar-refractivity contribution in [3.8, 4) is 0 Å². The van der Waals surface area contributed by atoms with Crippen molar-refractivity contribution in [2.24, 2.45) is 0 Å². The molecule has 1 aliphatic heterocycles. The molecule has 1 aliphatic rings. The van der Waals surface area contributed by atoms with E-state index >= 15 is 0 Å². The lowest BCUT2D eigenvalue weighted by molar-refractivity contribution is 0.114. The number of hydrogen-bond donors (Lipinski definition) is 0. The predicted molar refractivity (Wildman–Crippen MR) is 86.5 cm³/mol. The Balaban J connectivity index is 2.02. The number of rotatable bonds is 10. The molecule has 0 aromatic heterocycles. The first-order valence-electron chi connectivity index (χ1n) is 8.80. The Morgan fingerprint density at radius 3 is 1.90 bits per heavy atom. The van der Waals surface area contributed by atoms with Crippen LogP contribution < -0.4 is 0 Å². The van der Waals surface area contributed by atoms with Gasteiger partial charge < -0.3 is 0 Å². The Bertz CT molecular complexity index is 269. The highest BCUT2D eigenvalue weighted by Gasteiger charge is 2.26. The van der Waals surface area contributed by atoms with Crippen LogP contribution in [0.1, 0.15) is 84.0 Å². The maximum atomic E-state index is 12.3. The van der Waals surface area contributed by atoms with Gasteiger partial charge in [-0.3, -0.25) is 13.6 Å². The average Bonchev–Trinajstić information content (AvgIpc) is 2.58. The van der Waals surface area contributed by atoms with Crippen LogP contribution in [-0.4, -0.2) is 19.8 Å². The summed E-state index contributed by atoms with van der Waals surface area (Å²) >= 11 is 0. The lowest BCUT2D eigenvalue weighted by atomic mass is 10.1. The summed E-state index contributed by atoms with van der Waals surface area (Å²) in [6.07, 6.45) is 14.0. The molecule has 0 N–H and O–H groups in total. The van der Waals surface area contributed by atoms with Gasteiger partial charge in [-0.25, -0.2) is 4.57 Å². The first-order chi connectivity index (χ1) is 10.3. The molecule has 4 nitrogen and oxygen atoms in total. The normalized spacial score (nSPS) is 19.7. The summed E-state index contributed by atoms with van der Waals surface area (Å²) in [6.45, 7) is 3.68. The molecule has 0 atom stereocenters. The molecule has 21 heavy (non-hydrogen) atoms. The van der Waals surface area contributed by atoms with Crippen molar-refractivity contribution in [2.45, 2.75) is 84.0 Å². The lowest BCUT2D eigenvalue weighted by Crippen LogP contribution is -2.02. The smallest absolute Gasteiger partial charge is 0.287 e. The van der Waals surface area contributed by atoms with Crippen molar-refractivity contribution < 1.29 is 18.1 Å². The van der Waals surface area contributed by atoms with E-state index in [2.05, 4.69) is 6.92 Å². The summed E-state index contributed by atoms with van der Waals surface area (Å²) in [5, 5.41) is 0. The minimum Gasteiger partial charge on any atom is -0.287 e. The summed E-state index contributed by atoms with van der Waals surface area (Å²) < 4.78 is 28.4. The van der Waals surface area contributed by atoms with Crippen LogP contribution in [0.15, 0.2) is 0 Å². The van der Waals surface area contributed by atoms with E-state index in [4.69, 9.17) is 13.6 Å². The van der Waals surface area contributed by atoms with E-state index in [0.29, 0.717) is 19.8 Å². The SMILES string of the molecule is CCCCCCCCCCOP1(=O)OCCCCCCO1. The molecule has 0 spiro atoms. The van der Waals surface area contributed by atoms with Gasteiger partial charge in [-0.1, -0.05) is 64.7 Å². The van der Waals surface area contributed by atoms with Crippen LogP contribution in [-0.2, 0) is 18.1 Å². The molecule has 126 valence electrons. The third kappa shape index (κ3) is 10.5. The largest absolute Gasteiger partial charge is 0.474 e. The molecule has 1 saturated heterocycles. The Kier molecular flexibility index (Phi) is 11.5. The molecule has 1 fully saturated rings. The van der Waals surface area contributed by atoms with E-state index in [9.17, 15) is 4.57 Å². The highest BCUT2D eigenvalue weighted by atomic mass is 31.2. The molecule has 0 amide bonds. The Hall–Kier alpha value is 0.110. The maximum absolute atomic E-state index is 12.3. The van der Waals surface area contributed by atoms with Crippen LogP contribution in [0.3, 0.4) is 0 Å². The number of phosphoric ester groups is 1. The van der Waals surface area contributed by atoms with Crippen LogP contribution in [0.2, 0.25) is 0 Å². The molecule has 0 aromatic rings. The fourth-order valence-electron chi connectivity index (χ4n) is 2.43. The first kappa shape index (κ1) is 19.2. The summed E-state index contributed by atoms with van der Waals surface area (Å²) in [6, 6.07) is 0. The second kappa shape index (κ2) is 12.6. The number of phosphoric acid groups is 1. The van der Waals surface area contributed by atoms with Crippen molar-refractivity contribution in [2.75, 3.05) is 19.8 Å². The van der Waals surface area contributed by atoms with Crippen LogP contribution >= 0.6 is 7.82 Å². The van der Waals surface area contributed by atoms with Crippen LogP contribution in [0, 0.1) is 0 Å². The lowest BCUT2D eigenvalue weighted by Gasteiger charge is -2.16. The molecule has 1 heterocycles. The van der Waals surface area contributed by atoms with Gasteiger partial charge in [0.1, 0.15) is 0 Å². The van der Waals surface area contributed by atoms with Gasteiger partial charge in [0.2, 0.25) is 0 Å². The van der Waals surface area contributed by atoms with E-state index in [1.165, 1.54) is 38.5 Å². The summed E-state index contributed by atoms with van der Waals surface area (Å²) in [7, 11) is -3.28. The minimum absolute atomic E-state index is 0.478. The first-order valence-corrected chi connectivity index (χ1v) is 10.3. The van der Waals surface area contributed by atoms with Gasteiger partial charge in [0.05, 0.1) is 19.8 Å². The molecular formula is C16H33O4P. The van der Waals surface area contributed by atoms with E-state index in [1.54, 1.807) is 0 Å². The average molecular weight is 320 g/mol. The van der Waals surface area contributed by atoms with E-state index < -0.39 is 7.82 Å². The van der Waals surface area contributed by atoms with Gasteiger partial charge in [-0.15, -0.1) is 0 Å². The van der Waals surface area contributed by atoms with E-state index in [0.717, 1.165) is 38.5 Å². The maximum Gasteiger partial charge on any atom is 0.474 e. The molecule has 0 aromatic carbocycles. The second-order valence-electron chi connectivity index (χ2n) is 5.84. The summed E-state index contributed by atoms with van der Waals surface area (Å²) in [5.41, 5.74) is 0. The van der Waals surface area contributed by atoms with Gasteiger partial charge >= 0.3 is 7.82 Å². The van der Waals surface area contributed by atoms with Crippen LogP contribution in [0.5, 0.6) is 0 Å². The molecule has 0 unspecified atom stereocenters. The predicted octanol–water partition coefficient (Wildman–Crippen LogP) is 5.86. The molecule has 0 bridgehead atoms. The number of unbranched alkanes of at least 4 members (excludes halogenated alkanes) is 7. The Morgan fingerprint density at radius 1 is 0.810 bits per heavy atom. The quantitative estimate of drug-likeness (QED) is 0.373. The summed E-state index contributed by atoms with van der Waals surface area (Å²) in [4.78, 5) is 0. The van der Waals surface area contributed by atoms with Crippen molar-refractivity contribution in [1.29, 1.82) is 0 Å². The third-order valence-electron chi connectivity index (χ3n) is 3.78. The van der Waals surface area contributed by atoms with Crippen molar-refractivity contribution >= 4 is 7.82 Å². The van der Waals surface area contributed by atoms with Crippen molar-refractivity contribution in [3.05, 3.63) is 0 Å². The molecule has 0 radical (unpaired) electrons. The fourth-order valence-corrected chi connectivity index (χ4v) is 3.72. The zero-order valence-electron chi connectivity index (χ0n) is 13.7. The van der Waals surface area contributed by atoms with Crippen LogP contribution in [0.25, 0.3) is 0 Å². The van der Waals surface area contributed by atoms with Gasteiger partial charge in [0.25, 0.3) is 0 Å². The van der Waals surface area contributed by atoms with E-state index in [1.807, 2.05) is 0 Å². The van der Waals surface area contributed by atoms with Gasteiger partial charge in [-0.2, -0.15) is 0 Å². The molecule has 5 heteroatoms. The topological polar surface area (TPSA) is 44.8 Å². The minimum atomic E-state index is -3.28. The zero-order chi connectivity index (χ0) is 15.2. The Labute approximate surface area is 130 Å². The van der Waals surface area contributed by atoms with Crippen LogP contribution in [0.4, 0.5) is 0 Å². The Morgan fingerprint density at radius 2 is 1.33 bits per heavy atom.